The van der Waals surface area contributed by atoms with E-state index in [1.807, 2.05) is 39.7 Å². The first-order chi connectivity index (χ1) is 19.3. The Morgan fingerprint density at radius 2 is 2.23 bits per heavy atom. The van der Waals surface area contributed by atoms with Crippen LogP contribution in [-0.4, -0.2) is 79.0 Å². The van der Waals surface area contributed by atoms with Crippen molar-refractivity contribution in [2.45, 2.75) is 29.9 Å². The molecule has 2 atom stereocenters. The summed E-state index contributed by atoms with van der Waals surface area (Å²) < 4.78 is 3.94. The first-order valence-electron chi connectivity index (χ1n) is 12.3. The van der Waals surface area contributed by atoms with Gasteiger partial charge in [-0.1, -0.05) is 5.16 Å². The summed E-state index contributed by atoms with van der Waals surface area (Å²) in [5.74, 6) is -1.19. The second-order valence-electron chi connectivity index (χ2n) is 8.75. The van der Waals surface area contributed by atoms with Crippen LogP contribution in [0.4, 0.5) is 5.13 Å². The van der Waals surface area contributed by atoms with Crippen LogP contribution in [-0.2, 0) is 25.8 Å². The highest BCUT2D eigenvalue weighted by Crippen LogP contribution is 2.40. The number of nitrogen functional groups attached to an aromatic ring is 1. The zero-order chi connectivity index (χ0) is 28.4. The fourth-order valence-electron chi connectivity index (χ4n) is 4.42. The summed E-state index contributed by atoms with van der Waals surface area (Å²) in [4.78, 5) is 48.9. The summed E-state index contributed by atoms with van der Waals surface area (Å²) in [5, 5.41) is 18.9. The van der Waals surface area contributed by atoms with Gasteiger partial charge >= 0.3 is 5.97 Å². The molecule has 3 aromatic heterocycles. The van der Waals surface area contributed by atoms with Gasteiger partial charge in [-0.3, -0.25) is 14.5 Å². The van der Waals surface area contributed by atoms with Crippen molar-refractivity contribution in [2.75, 3.05) is 30.4 Å². The second-order valence-corrected chi connectivity index (χ2v) is 11.9. The first kappa shape index (κ1) is 27.9. The van der Waals surface area contributed by atoms with Gasteiger partial charge in [0.1, 0.15) is 34.9 Å². The molecule has 0 aliphatic carbocycles. The van der Waals surface area contributed by atoms with E-state index in [2.05, 4.69) is 15.5 Å². The lowest BCUT2D eigenvalue weighted by molar-refractivity contribution is -0.688. The van der Waals surface area contributed by atoms with Gasteiger partial charge in [-0.25, -0.2) is 9.78 Å². The van der Waals surface area contributed by atoms with Crippen molar-refractivity contribution in [3.8, 4) is 0 Å². The van der Waals surface area contributed by atoms with Crippen molar-refractivity contribution in [1.29, 1.82) is 0 Å². The molecule has 2 amide bonds. The number of aromatic nitrogens is 3. The number of aliphatic carboxylic acids is 1. The third-order valence-electron chi connectivity index (χ3n) is 6.16. The number of carboxylic acid groups (broad SMARTS) is 1. The number of nitrogens with two attached hydrogens (primary N) is 2. The molecule has 40 heavy (non-hydrogen) atoms. The highest BCUT2D eigenvalue weighted by molar-refractivity contribution is 8.00. The average molecular weight is 604 g/mol. The summed E-state index contributed by atoms with van der Waals surface area (Å²) in [6.45, 7) is 2.82. The normalized spacial score (nSPS) is 19.0. The third kappa shape index (κ3) is 5.39. The number of thiazole rings is 1. The molecule has 0 radical (unpaired) electrons. The van der Waals surface area contributed by atoms with E-state index in [1.54, 1.807) is 24.1 Å². The highest BCUT2D eigenvalue weighted by Gasteiger charge is 2.54. The van der Waals surface area contributed by atoms with Crippen LogP contribution >= 0.6 is 34.9 Å². The predicted octanol–water partition coefficient (Wildman–Crippen LogP) is 0.496. The number of carboxylic acids is 1. The number of carbonyl (C=O) groups is 3. The molecule has 3 aromatic rings. The maximum absolute atomic E-state index is 13.2. The Morgan fingerprint density at radius 1 is 1.40 bits per heavy atom. The summed E-state index contributed by atoms with van der Waals surface area (Å²) in [5.41, 5.74) is 12.9. The molecule has 0 bridgehead atoms. The molecule has 0 aromatic carbocycles. The van der Waals surface area contributed by atoms with Gasteiger partial charge < -0.3 is 31.1 Å². The lowest BCUT2D eigenvalue weighted by atomic mass is 10.0. The lowest BCUT2D eigenvalue weighted by Crippen LogP contribution is -2.71. The number of oxime groups is 1. The Bertz CT molecular complexity index is 1530. The minimum Gasteiger partial charge on any atom is -0.477 e. The largest absolute Gasteiger partial charge is 0.477 e. The van der Waals surface area contributed by atoms with E-state index >= 15 is 0 Å². The minimum absolute atomic E-state index is 0.0586. The van der Waals surface area contributed by atoms with Crippen LogP contribution in [0.1, 0.15) is 12.6 Å². The molecule has 0 unspecified atom stereocenters. The molecule has 6 N–H and O–H groups in total. The molecule has 2 aliphatic heterocycles. The topological polar surface area (TPSA) is 182 Å². The Kier molecular flexibility index (Phi) is 8.30. The zero-order valence-electron chi connectivity index (χ0n) is 21.4. The molecule has 1 saturated heterocycles. The fourth-order valence-corrected chi connectivity index (χ4v) is 7.10. The summed E-state index contributed by atoms with van der Waals surface area (Å²) >= 11 is 4.19. The molecule has 13 nitrogen and oxygen atoms in total. The molecule has 16 heteroatoms. The average Bonchev–Trinajstić information content (AvgIpc) is 3.55. The van der Waals surface area contributed by atoms with Crippen molar-refractivity contribution in [3.05, 3.63) is 53.1 Å². The Labute approximate surface area is 241 Å². The zero-order valence-corrected chi connectivity index (χ0v) is 23.8. The smallest absolute Gasteiger partial charge is 0.352 e. The molecule has 210 valence electrons. The van der Waals surface area contributed by atoms with Crippen molar-refractivity contribution in [2.24, 2.45) is 10.9 Å². The molecule has 1 fully saturated rings. The maximum Gasteiger partial charge on any atom is 0.352 e. The molecule has 2 aliphatic rings. The van der Waals surface area contributed by atoms with Gasteiger partial charge in [0.15, 0.2) is 29.8 Å². The van der Waals surface area contributed by atoms with E-state index in [9.17, 15) is 19.5 Å². The maximum atomic E-state index is 13.2. The minimum atomic E-state index is -1.19. The van der Waals surface area contributed by atoms with Gasteiger partial charge in [0.05, 0.1) is 11.2 Å². The summed E-state index contributed by atoms with van der Waals surface area (Å²) in [6, 6.07) is 3.08. The Hall–Kier alpha value is -3.60. The number of nitrogens with zero attached hydrogens (tertiary/aromatic N) is 5. The van der Waals surface area contributed by atoms with Gasteiger partial charge in [0.25, 0.3) is 11.8 Å². The number of carbonyl (C=O) groups excluding carboxylic acids is 2. The number of nitrogens with one attached hydrogen (secondary N) is 1. The monoisotopic (exact) mass is 603 g/mol. The quantitative estimate of drug-likeness (QED) is 0.0792. The van der Waals surface area contributed by atoms with E-state index in [0.29, 0.717) is 24.4 Å². The number of amides is 2. The number of anilines is 1. The summed E-state index contributed by atoms with van der Waals surface area (Å²) in [6.07, 6.45) is 5.72. The Balaban J connectivity index is 1.33. The van der Waals surface area contributed by atoms with Gasteiger partial charge in [-0.15, -0.1) is 34.9 Å². The van der Waals surface area contributed by atoms with Crippen molar-refractivity contribution >= 4 is 69.0 Å². The third-order valence-corrected chi connectivity index (χ3v) is 9.24. The van der Waals surface area contributed by atoms with Crippen LogP contribution in [0.2, 0.25) is 0 Å². The van der Waals surface area contributed by atoms with E-state index in [0.717, 1.165) is 27.6 Å². The Morgan fingerprint density at radius 3 is 2.92 bits per heavy atom. The van der Waals surface area contributed by atoms with Crippen LogP contribution in [0.25, 0.3) is 5.52 Å². The van der Waals surface area contributed by atoms with Crippen LogP contribution in [0, 0.1) is 0 Å². The number of hydrogen-bond donors (Lipinski definition) is 4. The standard InChI is InChI=1S/C24H26N8O5S3/c1-2-37-29-17(15-12-40-24(26)27-15)20(33)28-18-21(34)32-19(23(35)36)13(11-39-22(18)32)9-30-6-7-31-14(10-30)3-4-16(31)38-8-5-25/h3-4,6-7,10,12,18,22H,2,5,8-9,11,25H2,1H3,(H3-,26,27,28,33,35,36)/p+1/b29-17-/t18-,22+/m1/s1. The van der Waals surface area contributed by atoms with Gasteiger partial charge in [0, 0.05) is 29.0 Å². The fraction of sp³-hybridized carbons (Fsp3) is 0.333. The van der Waals surface area contributed by atoms with Gasteiger partial charge in [-0.2, -0.15) is 4.57 Å². The van der Waals surface area contributed by atoms with Crippen molar-refractivity contribution < 1.29 is 28.9 Å². The van der Waals surface area contributed by atoms with Crippen LogP contribution in [0.5, 0.6) is 0 Å². The SMILES string of the molecule is CCO/N=C(\C(=O)N[C@@H]1C(=O)N2C(C(=O)O)=C(C[n+]3ccn4c(SCCN)ccc4c3)CS[C@@H]12)c1csc(N)n1. The van der Waals surface area contributed by atoms with E-state index in [1.165, 1.54) is 16.7 Å². The second kappa shape index (κ2) is 11.9. The highest BCUT2D eigenvalue weighted by atomic mass is 32.2. The number of hydrogen-bond acceptors (Lipinski definition) is 11. The molecule has 0 spiro atoms. The predicted molar refractivity (Wildman–Crippen MR) is 152 cm³/mol. The first-order valence-corrected chi connectivity index (χ1v) is 15.2. The van der Waals surface area contributed by atoms with Crippen molar-refractivity contribution in [1.82, 2.24) is 19.6 Å². The summed E-state index contributed by atoms with van der Waals surface area (Å²) in [7, 11) is 0. The molecular weight excluding hydrogens is 577 g/mol. The van der Waals surface area contributed by atoms with E-state index in [-0.39, 0.29) is 28.8 Å². The van der Waals surface area contributed by atoms with Crippen LogP contribution in [0.15, 0.2) is 57.6 Å². The lowest BCUT2D eigenvalue weighted by Gasteiger charge is -2.49. The molecule has 0 saturated carbocycles. The van der Waals surface area contributed by atoms with Gasteiger partial charge in [0.2, 0.25) is 0 Å². The van der Waals surface area contributed by atoms with Crippen molar-refractivity contribution in [3.63, 3.8) is 0 Å². The number of thioether (sulfide) groups is 2. The number of fused-ring (bicyclic) bond motifs is 2. The van der Waals surface area contributed by atoms with E-state index < -0.39 is 29.2 Å². The van der Waals surface area contributed by atoms with E-state index in [4.69, 9.17) is 16.3 Å². The molecule has 5 rings (SSSR count). The molecular formula is C24H27N8O5S3+. The van der Waals surface area contributed by atoms with Gasteiger partial charge in [-0.05, 0) is 19.1 Å². The molecule has 5 heterocycles. The van der Waals surface area contributed by atoms with Crippen LogP contribution in [0.3, 0.4) is 0 Å². The van der Waals surface area contributed by atoms with Crippen LogP contribution < -0.4 is 21.4 Å². The number of rotatable bonds is 11. The number of β-lactam (4-membered cyclic amide) rings is 1.